The van der Waals surface area contributed by atoms with Crippen molar-refractivity contribution in [3.63, 3.8) is 0 Å². The Kier molecular flexibility index (Phi) is 8.45. The van der Waals surface area contributed by atoms with E-state index in [9.17, 15) is 5.26 Å². The van der Waals surface area contributed by atoms with Gasteiger partial charge in [0.1, 0.15) is 11.2 Å². The van der Waals surface area contributed by atoms with Crippen LogP contribution < -0.4 is 4.90 Å². The van der Waals surface area contributed by atoms with Crippen LogP contribution in [0.1, 0.15) is 27.8 Å². The summed E-state index contributed by atoms with van der Waals surface area (Å²) in [6, 6.07) is 76.3. The van der Waals surface area contributed by atoms with Crippen molar-refractivity contribution in [2.75, 3.05) is 4.90 Å². The van der Waals surface area contributed by atoms with E-state index in [1.807, 2.05) is 42.5 Å². The first-order valence-electron chi connectivity index (χ1n) is 20.3. The summed E-state index contributed by atoms with van der Waals surface area (Å²) in [7, 11) is 0. The van der Waals surface area contributed by atoms with Gasteiger partial charge < -0.3 is 9.32 Å². The van der Waals surface area contributed by atoms with Crippen molar-refractivity contribution in [2.45, 2.75) is 5.41 Å². The van der Waals surface area contributed by atoms with E-state index in [1.165, 1.54) is 0 Å². The number of hydrogen-bond donors (Lipinski definition) is 0. The van der Waals surface area contributed by atoms with Gasteiger partial charge in [-0.05, 0) is 105 Å². The Morgan fingerprint density at radius 2 is 1.05 bits per heavy atom. The van der Waals surface area contributed by atoms with Gasteiger partial charge >= 0.3 is 0 Å². The summed E-state index contributed by atoms with van der Waals surface area (Å²) in [6.07, 6.45) is 0. The van der Waals surface area contributed by atoms with Gasteiger partial charge in [0.25, 0.3) is 0 Å². The van der Waals surface area contributed by atoms with Crippen molar-refractivity contribution >= 4 is 44.7 Å². The van der Waals surface area contributed by atoms with E-state index >= 15 is 0 Å². The third-order valence-electron chi connectivity index (χ3n) is 12.2. The molecule has 0 amide bonds. The predicted molar refractivity (Wildman–Crippen MR) is 248 cm³/mol. The summed E-state index contributed by atoms with van der Waals surface area (Å²) in [4.78, 5) is 6.06. The minimum atomic E-state index is -0.728. The van der Waals surface area contributed by atoms with E-state index in [-0.39, 0.29) is 0 Å². The van der Waals surface area contributed by atoms with Crippen LogP contribution >= 0.6 is 0 Å². The molecule has 9 aromatic carbocycles. The number of fused-ring (bicyclic) bond motifs is 6. The van der Waals surface area contributed by atoms with Crippen molar-refractivity contribution in [1.29, 1.82) is 5.26 Å². The van der Waals surface area contributed by atoms with Gasteiger partial charge in [0.15, 0.2) is 5.69 Å². The van der Waals surface area contributed by atoms with Crippen LogP contribution in [0.2, 0.25) is 0 Å². The topological polar surface area (TPSA) is 44.5 Å². The zero-order valence-electron chi connectivity index (χ0n) is 33.0. The molecule has 0 saturated heterocycles. The van der Waals surface area contributed by atoms with Gasteiger partial charge in [-0.1, -0.05) is 158 Å². The molecular weight excluding hydrogens is 743 g/mol. The molecule has 1 atom stereocenters. The van der Waals surface area contributed by atoms with Gasteiger partial charge in [0.05, 0.1) is 23.6 Å². The highest BCUT2D eigenvalue weighted by molar-refractivity contribution is 6.09. The largest absolute Gasteiger partial charge is 0.455 e. The second kappa shape index (κ2) is 14.4. The molecule has 0 N–H and O–H groups in total. The second-order valence-corrected chi connectivity index (χ2v) is 15.4. The Hall–Kier alpha value is -8.44. The lowest BCUT2D eigenvalue weighted by atomic mass is 9.67. The first-order chi connectivity index (χ1) is 30.1. The smallest absolute Gasteiger partial charge is 0.187 e. The van der Waals surface area contributed by atoms with Crippen LogP contribution in [-0.4, -0.2) is 0 Å². The Balaban J connectivity index is 1.11. The minimum absolute atomic E-state index is 0.587. The molecule has 4 nitrogen and oxygen atoms in total. The average Bonchev–Trinajstić information content (AvgIpc) is 3.86. The highest BCUT2D eigenvalue weighted by Gasteiger charge is 2.46. The van der Waals surface area contributed by atoms with Crippen LogP contribution in [0.25, 0.3) is 60.2 Å². The lowest BCUT2D eigenvalue weighted by Gasteiger charge is -2.35. The molecule has 284 valence electrons. The number of rotatable bonds is 7. The molecule has 4 heteroatoms. The third-order valence-corrected chi connectivity index (χ3v) is 12.2. The Labute approximate surface area is 354 Å². The molecule has 0 saturated carbocycles. The standard InChI is InChI=1S/C57H35N3O/c1-59-44-28-26-43(27-29-44)57(42-24-18-38(37-58)19-25-42)53-16-7-5-12-49(53)50-35-34-47(36-54(50)57)60(45-30-20-40(21-31-45)39-10-3-2-4-11-39)46-32-22-41(23-33-46)48-14-9-15-52-51-13-6-8-17-55(51)61-56(48)52/h2-36H. The predicted octanol–water partition coefficient (Wildman–Crippen LogP) is 15.2. The number of furan rings is 1. The van der Waals surface area contributed by atoms with E-state index in [1.54, 1.807) is 0 Å². The van der Waals surface area contributed by atoms with Gasteiger partial charge in [-0.2, -0.15) is 5.26 Å². The lowest BCUT2D eigenvalue weighted by molar-refractivity contribution is 0.670. The SMILES string of the molecule is [C-]#[N+]c1ccc(C2(c3ccc(C#N)cc3)c3ccccc3-c3ccc(N(c4ccc(-c5ccccc5)cc4)c4ccc(-c5cccc6c5oc5ccccc56)cc4)cc32)cc1. The first kappa shape index (κ1) is 35.7. The number of anilines is 3. The zero-order chi connectivity index (χ0) is 40.9. The fourth-order valence-electron chi connectivity index (χ4n) is 9.42. The highest BCUT2D eigenvalue weighted by atomic mass is 16.3. The lowest BCUT2D eigenvalue weighted by Crippen LogP contribution is -2.28. The summed E-state index contributed by atoms with van der Waals surface area (Å²) in [5.41, 5.74) is 16.4. The molecule has 1 unspecified atom stereocenters. The fraction of sp³-hybridized carbons (Fsp3) is 0.0175. The van der Waals surface area contributed by atoms with Crippen molar-refractivity contribution < 1.29 is 4.42 Å². The fourth-order valence-corrected chi connectivity index (χ4v) is 9.42. The van der Waals surface area contributed by atoms with E-state index in [0.29, 0.717) is 11.3 Å². The molecule has 10 aromatic rings. The summed E-state index contributed by atoms with van der Waals surface area (Å²) in [5.74, 6) is 0. The van der Waals surface area contributed by atoms with Crippen molar-refractivity contribution in [2.24, 2.45) is 0 Å². The number of hydrogen-bond acceptors (Lipinski definition) is 3. The molecule has 61 heavy (non-hydrogen) atoms. The number of nitriles is 1. The Morgan fingerprint density at radius 3 is 1.77 bits per heavy atom. The molecule has 1 aliphatic carbocycles. The summed E-state index contributed by atoms with van der Waals surface area (Å²) in [5, 5.41) is 12.0. The summed E-state index contributed by atoms with van der Waals surface area (Å²) >= 11 is 0. The molecule has 1 heterocycles. The quantitative estimate of drug-likeness (QED) is 0.151. The molecule has 1 aromatic heterocycles. The second-order valence-electron chi connectivity index (χ2n) is 15.4. The molecule has 0 fully saturated rings. The maximum Gasteiger partial charge on any atom is 0.187 e. The maximum atomic E-state index is 9.81. The van der Waals surface area contributed by atoms with Crippen molar-refractivity contribution in [3.05, 3.63) is 252 Å². The van der Waals surface area contributed by atoms with Crippen molar-refractivity contribution in [1.82, 2.24) is 0 Å². The number of benzene rings is 9. The van der Waals surface area contributed by atoms with Gasteiger partial charge in [-0.3, -0.25) is 0 Å². The van der Waals surface area contributed by atoms with E-state index in [0.717, 1.165) is 94.6 Å². The number of para-hydroxylation sites is 2. The summed E-state index contributed by atoms with van der Waals surface area (Å²) < 4.78 is 6.45. The third kappa shape index (κ3) is 5.74. The molecule has 11 rings (SSSR count). The van der Waals surface area contributed by atoms with Crippen LogP contribution in [0, 0.1) is 17.9 Å². The molecule has 1 aliphatic rings. The van der Waals surface area contributed by atoms with E-state index in [2.05, 4.69) is 186 Å². The normalized spacial score (nSPS) is 13.9. The van der Waals surface area contributed by atoms with Gasteiger partial charge in [0, 0.05) is 33.4 Å². The van der Waals surface area contributed by atoms with Gasteiger partial charge in [-0.15, -0.1) is 0 Å². The van der Waals surface area contributed by atoms with Crippen LogP contribution in [0.4, 0.5) is 22.7 Å². The zero-order valence-corrected chi connectivity index (χ0v) is 33.0. The van der Waals surface area contributed by atoms with Crippen LogP contribution in [0.15, 0.2) is 217 Å². The molecule has 0 radical (unpaired) electrons. The van der Waals surface area contributed by atoms with Crippen LogP contribution in [0.3, 0.4) is 0 Å². The molecule has 0 bridgehead atoms. The molecule has 0 spiro atoms. The van der Waals surface area contributed by atoms with Crippen LogP contribution in [-0.2, 0) is 5.41 Å². The van der Waals surface area contributed by atoms with Gasteiger partial charge in [-0.25, -0.2) is 4.85 Å². The maximum absolute atomic E-state index is 9.81. The van der Waals surface area contributed by atoms with Crippen molar-refractivity contribution in [3.8, 4) is 39.4 Å². The Morgan fingerprint density at radius 1 is 0.475 bits per heavy atom. The Bertz CT molecular complexity index is 3290. The highest BCUT2D eigenvalue weighted by Crippen LogP contribution is 2.57. The molecular formula is C57H35N3O. The van der Waals surface area contributed by atoms with Crippen LogP contribution in [0.5, 0.6) is 0 Å². The average molecular weight is 778 g/mol. The van der Waals surface area contributed by atoms with Gasteiger partial charge in [0.2, 0.25) is 0 Å². The first-order valence-corrected chi connectivity index (χ1v) is 20.3. The molecule has 0 aliphatic heterocycles. The van der Waals surface area contributed by atoms with E-state index < -0.39 is 5.41 Å². The minimum Gasteiger partial charge on any atom is -0.455 e. The summed E-state index contributed by atoms with van der Waals surface area (Å²) in [6.45, 7) is 7.72. The number of nitrogens with zero attached hydrogens (tertiary/aromatic N) is 3. The van der Waals surface area contributed by atoms with E-state index in [4.69, 9.17) is 11.0 Å². The monoisotopic (exact) mass is 777 g/mol.